The van der Waals surface area contributed by atoms with Crippen LogP contribution in [0, 0.1) is 11.3 Å². The maximum Gasteiger partial charge on any atom is 0.161 e. The van der Waals surface area contributed by atoms with Crippen molar-refractivity contribution in [3.05, 3.63) is 28.8 Å². The molecule has 1 unspecified atom stereocenters. The fourth-order valence-corrected chi connectivity index (χ4v) is 2.29. The Morgan fingerprint density at radius 1 is 1.59 bits per heavy atom. The van der Waals surface area contributed by atoms with Gasteiger partial charge < -0.3 is 14.7 Å². The molecule has 1 N–H and O–H groups in total. The van der Waals surface area contributed by atoms with E-state index in [0.29, 0.717) is 24.7 Å². The molecule has 0 amide bonds. The number of halogens is 1. The second-order valence-corrected chi connectivity index (χ2v) is 4.25. The largest absolute Gasteiger partial charge is 0.392 e. The van der Waals surface area contributed by atoms with E-state index in [9.17, 15) is 5.11 Å². The van der Waals surface area contributed by atoms with Crippen LogP contribution < -0.4 is 4.90 Å². The lowest BCUT2D eigenvalue weighted by Gasteiger charge is -2.33. The number of morpholine rings is 1. The number of rotatable bonds is 2. The molecule has 0 bridgehead atoms. The second-order valence-electron chi connectivity index (χ2n) is 3.84. The monoisotopic (exact) mass is 252 g/mol. The lowest BCUT2D eigenvalue weighted by atomic mass is 10.1. The van der Waals surface area contributed by atoms with Gasteiger partial charge in [-0.05, 0) is 6.07 Å². The van der Waals surface area contributed by atoms with Gasteiger partial charge in [0.05, 0.1) is 36.5 Å². The van der Waals surface area contributed by atoms with Gasteiger partial charge in [0.2, 0.25) is 0 Å². The predicted molar refractivity (Wildman–Crippen MR) is 64.9 cm³/mol. The molecule has 17 heavy (non-hydrogen) atoms. The number of ether oxygens (including phenoxy) is 1. The van der Waals surface area contributed by atoms with E-state index in [-0.39, 0.29) is 6.61 Å². The van der Waals surface area contributed by atoms with Crippen molar-refractivity contribution < 1.29 is 9.84 Å². The average Bonchev–Trinajstić information content (AvgIpc) is 2.38. The van der Waals surface area contributed by atoms with Crippen LogP contribution in [0.1, 0.15) is 5.56 Å². The van der Waals surface area contributed by atoms with E-state index >= 15 is 0 Å². The van der Waals surface area contributed by atoms with Crippen molar-refractivity contribution in [2.45, 2.75) is 12.7 Å². The van der Waals surface area contributed by atoms with Crippen molar-refractivity contribution in [2.75, 3.05) is 24.6 Å². The van der Waals surface area contributed by atoms with Crippen molar-refractivity contribution in [3.8, 4) is 6.07 Å². The molecule has 0 aromatic heterocycles. The molecule has 1 aromatic carbocycles. The summed E-state index contributed by atoms with van der Waals surface area (Å²) in [5, 5.41) is 18.8. The van der Waals surface area contributed by atoms with Crippen molar-refractivity contribution in [2.24, 2.45) is 0 Å². The summed E-state index contributed by atoms with van der Waals surface area (Å²) in [7, 11) is 0. The maximum atomic E-state index is 9.32. The molecular formula is C12H13ClN2O2. The lowest BCUT2D eigenvalue weighted by molar-refractivity contribution is 0.0763. The highest BCUT2D eigenvalue weighted by atomic mass is 35.5. The van der Waals surface area contributed by atoms with Crippen molar-refractivity contribution >= 4 is 17.3 Å². The number of anilines is 1. The summed E-state index contributed by atoms with van der Waals surface area (Å²) in [4.78, 5) is 1.99. The zero-order chi connectivity index (χ0) is 12.3. The molecule has 1 aliphatic rings. The summed E-state index contributed by atoms with van der Waals surface area (Å²) < 4.78 is 5.28. The van der Waals surface area contributed by atoms with Gasteiger partial charge in [-0.1, -0.05) is 23.7 Å². The van der Waals surface area contributed by atoms with Crippen LogP contribution in [0.25, 0.3) is 0 Å². The first kappa shape index (κ1) is 12.2. The number of aliphatic hydroxyl groups is 1. The van der Waals surface area contributed by atoms with E-state index in [0.717, 1.165) is 11.3 Å². The normalized spacial score (nSPS) is 20.1. The second kappa shape index (κ2) is 5.37. The van der Waals surface area contributed by atoms with Crippen molar-refractivity contribution in [1.82, 2.24) is 0 Å². The number of hydrogen-bond acceptors (Lipinski definition) is 4. The van der Waals surface area contributed by atoms with Crippen LogP contribution in [0.4, 0.5) is 5.69 Å². The molecular weight excluding hydrogens is 240 g/mol. The molecule has 1 saturated heterocycles. The van der Waals surface area contributed by atoms with Gasteiger partial charge in [-0.3, -0.25) is 0 Å². The molecule has 1 aliphatic heterocycles. The zero-order valence-corrected chi connectivity index (χ0v) is 10.0. The smallest absolute Gasteiger partial charge is 0.161 e. The Balaban J connectivity index is 2.30. The summed E-state index contributed by atoms with van der Waals surface area (Å²) >= 11 is 6.16. The predicted octanol–water partition coefficient (Wildman–Crippen LogP) is 1.56. The summed E-state index contributed by atoms with van der Waals surface area (Å²) in [6, 6.07) is 7.51. The minimum Gasteiger partial charge on any atom is -0.392 e. The molecule has 4 nitrogen and oxygen atoms in total. The first-order valence-corrected chi connectivity index (χ1v) is 5.78. The van der Waals surface area contributed by atoms with Crippen LogP contribution in [0.5, 0.6) is 0 Å². The van der Waals surface area contributed by atoms with E-state index in [4.69, 9.17) is 21.6 Å². The molecule has 0 aliphatic carbocycles. The van der Waals surface area contributed by atoms with E-state index < -0.39 is 6.10 Å². The summed E-state index contributed by atoms with van der Waals surface area (Å²) in [6.07, 6.45) is -0.438. The summed E-state index contributed by atoms with van der Waals surface area (Å²) in [5.74, 6) is 0. The molecule has 1 heterocycles. The topological polar surface area (TPSA) is 56.5 Å². The number of aliphatic hydroxyl groups excluding tert-OH is 1. The van der Waals surface area contributed by atoms with Gasteiger partial charge >= 0.3 is 0 Å². The van der Waals surface area contributed by atoms with Gasteiger partial charge in [0, 0.05) is 12.1 Å². The first-order valence-electron chi connectivity index (χ1n) is 5.40. The third-order valence-electron chi connectivity index (χ3n) is 2.77. The molecule has 1 atom stereocenters. The van der Waals surface area contributed by atoms with Crippen LogP contribution in [-0.2, 0) is 11.3 Å². The van der Waals surface area contributed by atoms with Gasteiger partial charge in [0.1, 0.15) is 0 Å². The van der Waals surface area contributed by atoms with Gasteiger partial charge in [-0.25, -0.2) is 0 Å². The highest BCUT2D eigenvalue weighted by Gasteiger charge is 2.23. The molecule has 2 rings (SSSR count). The number of hydrogen-bond donors (Lipinski definition) is 1. The van der Waals surface area contributed by atoms with E-state index in [1.807, 2.05) is 11.0 Å². The Hall–Kier alpha value is -1.28. The molecule has 0 spiro atoms. The van der Waals surface area contributed by atoms with Crippen molar-refractivity contribution in [3.63, 3.8) is 0 Å². The number of benzene rings is 1. The highest BCUT2D eigenvalue weighted by Crippen LogP contribution is 2.31. The Kier molecular flexibility index (Phi) is 3.85. The Morgan fingerprint density at radius 3 is 3.12 bits per heavy atom. The lowest BCUT2D eigenvalue weighted by Crippen LogP contribution is -2.42. The standard InChI is InChI=1S/C12H13ClN2O2/c13-11-3-1-2-9(8-16)12(11)15-4-5-17-10(6-14)7-15/h1-3,10,16H,4-5,7-8H2. The average molecular weight is 253 g/mol. The van der Waals surface area contributed by atoms with Crippen LogP contribution in [0.3, 0.4) is 0 Å². The fraction of sp³-hybridized carbons (Fsp3) is 0.417. The number of nitrogens with zero attached hydrogens (tertiary/aromatic N) is 2. The van der Waals surface area contributed by atoms with Gasteiger partial charge in [-0.15, -0.1) is 0 Å². The molecule has 1 aromatic rings. The highest BCUT2D eigenvalue weighted by molar-refractivity contribution is 6.33. The van der Waals surface area contributed by atoms with Gasteiger partial charge in [-0.2, -0.15) is 5.26 Å². The van der Waals surface area contributed by atoms with Crippen LogP contribution in [0.15, 0.2) is 18.2 Å². The Morgan fingerprint density at radius 2 is 2.41 bits per heavy atom. The third kappa shape index (κ3) is 2.52. The Labute approximate surface area is 105 Å². The number of nitriles is 1. The molecule has 0 radical (unpaired) electrons. The van der Waals surface area contributed by atoms with E-state index in [1.54, 1.807) is 12.1 Å². The molecule has 0 saturated carbocycles. The van der Waals surface area contributed by atoms with Crippen molar-refractivity contribution in [1.29, 1.82) is 5.26 Å². The van der Waals surface area contributed by atoms with E-state index in [2.05, 4.69) is 6.07 Å². The van der Waals surface area contributed by atoms with Crippen LogP contribution >= 0.6 is 11.6 Å². The Bertz CT molecular complexity index is 445. The number of para-hydroxylation sites is 1. The van der Waals surface area contributed by atoms with Gasteiger partial charge in [0.15, 0.2) is 6.10 Å². The minimum absolute atomic E-state index is 0.0650. The van der Waals surface area contributed by atoms with E-state index in [1.165, 1.54) is 0 Å². The van der Waals surface area contributed by atoms with Crippen LogP contribution in [-0.4, -0.2) is 30.9 Å². The van der Waals surface area contributed by atoms with Crippen LogP contribution in [0.2, 0.25) is 5.02 Å². The van der Waals surface area contributed by atoms with Gasteiger partial charge in [0.25, 0.3) is 0 Å². The summed E-state index contributed by atoms with van der Waals surface area (Å²) in [5.41, 5.74) is 1.58. The minimum atomic E-state index is -0.438. The maximum absolute atomic E-state index is 9.32. The first-order chi connectivity index (χ1) is 8.26. The molecule has 90 valence electrons. The SMILES string of the molecule is N#CC1CN(c2c(Cl)cccc2CO)CCO1. The molecule has 1 fully saturated rings. The molecule has 5 heteroatoms. The fourth-order valence-electron chi connectivity index (χ4n) is 1.97. The third-order valence-corrected chi connectivity index (χ3v) is 3.07. The zero-order valence-electron chi connectivity index (χ0n) is 9.27. The summed E-state index contributed by atoms with van der Waals surface area (Å²) in [6.45, 7) is 1.58. The quantitative estimate of drug-likeness (QED) is 0.868.